The first kappa shape index (κ1) is 35.7. The van der Waals surface area contributed by atoms with Crippen molar-refractivity contribution in [2.75, 3.05) is 5.75 Å². The number of aromatic nitrogens is 1. The summed E-state index contributed by atoms with van der Waals surface area (Å²) in [5.74, 6) is -1.15. The molecule has 1 aliphatic heterocycles. The third-order valence-electron chi connectivity index (χ3n) is 8.11. The molecule has 2 amide bonds. The quantitative estimate of drug-likeness (QED) is 0.0436. The van der Waals surface area contributed by atoms with E-state index in [1.165, 1.54) is 17.8 Å². The number of carbonyl (C=O) groups is 3. The highest BCUT2D eigenvalue weighted by Crippen LogP contribution is 2.40. The van der Waals surface area contributed by atoms with Crippen molar-refractivity contribution in [1.82, 2.24) is 15.8 Å². The lowest BCUT2D eigenvalue weighted by Crippen LogP contribution is -2.31. The second-order valence-electron chi connectivity index (χ2n) is 11.7. The number of nitrogens with one attached hydrogen (secondary N) is 2. The minimum Gasteiger partial charge on any atom is -0.478 e. The summed E-state index contributed by atoms with van der Waals surface area (Å²) >= 11 is 1.34. The number of ether oxygens (including phenoxy) is 2. The van der Waals surface area contributed by atoms with Gasteiger partial charge in [-0.3, -0.25) is 14.8 Å². The molecule has 12 heteroatoms. The number of hydroxylamine groups is 1. The number of amides is 2. The van der Waals surface area contributed by atoms with Gasteiger partial charge >= 0.3 is 5.97 Å². The van der Waals surface area contributed by atoms with Crippen molar-refractivity contribution in [3.05, 3.63) is 119 Å². The Morgan fingerprint density at radius 2 is 1.57 bits per heavy atom. The lowest BCUT2D eigenvalue weighted by atomic mass is 9.99. The van der Waals surface area contributed by atoms with E-state index in [4.69, 9.17) is 14.7 Å². The molecule has 0 unspecified atom stereocenters. The molecule has 1 saturated heterocycles. The Balaban J connectivity index is 1.29. The molecule has 2 heterocycles. The fourth-order valence-corrected chi connectivity index (χ4v) is 6.51. The van der Waals surface area contributed by atoms with Gasteiger partial charge in [0.05, 0.1) is 24.4 Å². The van der Waals surface area contributed by atoms with Crippen LogP contribution in [0.1, 0.15) is 77.1 Å². The summed E-state index contributed by atoms with van der Waals surface area (Å²) in [4.78, 5) is 39.5. The van der Waals surface area contributed by atoms with Crippen LogP contribution in [0.15, 0.2) is 96.2 Å². The molecule has 3 atom stereocenters. The standard InChI is InChI=1S/C37H39N3O8S/c41-22-24-13-15-26(16-14-24)32-20-30(23-49-35-31(36(44)45)10-5-17-38-35)47-37(48-32)29-9-4-8-28(19-29)27-7-3-6-25(18-27)21-39-33(42)11-1-2-12-34(43)40-46/h3-10,13-19,30,32,37,41,46H,1-2,11-12,20-23H2,(H,39,42)(H,40,43)(H,44,45)/t30-,32+,37+/m1/s1. The first-order valence-electron chi connectivity index (χ1n) is 16.0. The van der Waals surface area contributed by atoms with E-state index < -0.39 is 18.2 Å². The number of hydrogen-bond acceptors (Lipinski definition) is 9. The maximum absolute atomic E-state index is 12.3. The summed E-state index contributed by atoms with van der Waals surface area (Å²) in [5, 5.41) is 31.1. The Labute approximate surface area is 288 Å². The zero-order valence-corrected chi connectivity index (χ0v) is 27.6. The van der Waals surface area contributed by atoms with Crippen molar-refractivity contribution in [3.63, 3.8) is 0 Å². The fraction of sp³-hybridized carbons (Fsp3) is 0.297. The molecule has 0 aliphatic carbocycles. The molecular formula is C37H39N3O8S. The van der Waals surface area contributed by atoms with E-state index in [0.717, 1.165) is 33.4 Å². The average molecular weight is 686 g/mol. The number of aromatic carboxylic acids is 1. The summed E-state index contributed by atoms with van der Waals surface area (Å²) in [6, 6.07) is 26.6. The Kier molecular flexibility index (Phi) is 12.9. The predicted octanol–water partition coefficient (Wildman–Crippen LogP) is 5.96. The van der Waals surface area contributed by atoms with Gasteiger partial charge in [-0.25, -0.2) is 15.3 Å². The minimum atomic E-state index is -1.03. The van der Waals surface area contributed by atoms with Gasteiger partial charge in [-0.15, -0.1) is 11.8 Å². The number of pyridine rings is 1. The molecule has 0 radical (unpaired) electrons. The number of thioether (sulfide) groups is 1. The lowest BCUT2D eigenvalue weighted by molar-refractivity contribution is -0.245. The lowest BCUT2D eigenvalue weighted by Gasteiger charge is -2.36. The number of carbonyl (C=O) groups excluding carboxylic acids is 2. The highest BCUT2D eigenvalue weighted by atomic mass is 32.2. The van der Waals surface area contributed by atoms with Gasteiger partial charge in [0.1, 0.15) is 5.03 Å². The van der Waals surface area contributed by atoms with E-state index in [2.05, 4.69) is 10.3 Å². The number of hydrogen-bond donors (Lipinski definition) is 5. The average Bonchev–Trinajstić information content (AvgIpc) is 3.15. The van der Waals surface area contributed by atoms with Crippen molar-refractivity contribution in [1.29, 1.82) is 0 Å². The van der Waals surface area contributed by atoms with Crippen LogP contribution in [-0.2, 0) is 32.2 Å². The van der Waals surface area contributed by atoms with Crippen LogP contribution in [0.5, 0.6) is 0 Å². The van der Waals surface area contributed by atoms with Gasteiger partial charge in [-0.2, -0.15) is 0 Å². The topological polar surface area (TPSA) is 167 Å². The van der Waals surface area contributed by atoms with Crippen LogP contribution in [0.4, 0.5) is 0 Å². The largest absolute Gasteiger partial charge is 0.478 e. The number of benzene rings is 3. The number of carboxylic acids is 1. The summed E-state index contributed by atoms with van der Waals surface area (Å²) in [7, 11) is 0. The van der Waals surface area contributed by atoms with Crippen molar-refractivity contribution in [2.24, 2.45) is 0 Å². The van der Waals surface area contributed by atoms with Crippen molar-refractivity contribution >= 4 is 29.5 Å². The van der Waals surface area contributed by atoms with Crippen LogP contribution < -0.4 is 10.8 Å². The molecule has 256 valence electrons. The maximum Gasteiger partial charge on any atom is 0.338 e. The fourth-order valence-electron chi connectivity index (χ4n) is 5.50. The van der Waals surface area contributed by atoms with Crippen molar-refractivity contribution in [2.45, 2.75) is 68.8 Å². The molecule has 1 aliphatic rings. The molecule has 0 saturated carbocycles. The number of carboxylic acid groups (broad SMARTS) is 1. The highest BCUT2D eigenvalue weighted by Gasteiger charge is 2.33. The molecule has 3 aromatic carbocycles. The van der Waals surface area contributed by atoms with Crippen molar-refractivity contribution < 1.29 is 39.3 Å². The molecule has 5 rings (SSSR count). The minimum absolute atomic E-state index is 0.0550. The molecule has 4 aromatic rings. The summed E-state index contributed by atoms with van der Waals surface area (Å²) < 4.78 is 13.0. The first-order chi connectivity index (χ1) is 23.8. The summed E-state index contributed by atoms with van der Waals surface area (Å²) in [6.45, 7) is 0.300. The molecule has 49 heavy (non-hydrogen) atoms. The van der Waals surface area contributed by atoms with E-state index in [0.29, 0.717) is 36.6 Å². The van der Waals surface area contributed by atoms with E-state index >= 15 is 0 Å². The smallest absolute Gasteiger partial charge is 0.338 e. The Bertz CT molecular complexity index is 1740. The second kappa shape index (κ2) is 17.7. The van der Waals surface area contributed by atoms with E-state index in [9.17, 15) is 24.6 Å². The maximum atomic E-state index is 12.3. The molecule has 1 aromatic heterocycles. The predicted molar refractivity (Wildman–Crippen MR) is 182 cm³/mol. The number of unbranched alkanes of at least 4 members (excludes halogenated alkanes) is 1. The van der Waals surface area contributed by atoms with Crippen LogP contribution in [0.2, 0.25) is 0 Å². The third kappa shape index (κ3) is 10.2. The number of rotatable bonds is 15. The summed E-state index contributed by atoms with van der Waals surface area (Å²) in [6.07, 6.45) is 2.34. The van der Waals surface area contributed by atoms with Crippen molar-refractivity contribution in [3.8, 4) is 11.1 Å². The van der Waals surface area contributed by atoms with Gasteiger partial charge in [0, 0.05) is 43.3 Å². The van der Waals surface area contributed by atoms with Gasteiger partial charge in [-0.05, 0) is 64.9 Å². The Morgan fingerprint density at radius 3 is 2.31 bits per heavy atom. The normalized spacial score (nSPS) is 17.3. The molecule has 1 fully saturated rings. The summed E-state index contributed by atoms with van der Waals surface area (Å²) in [5.41, 5.74) is 7.14. The van der Waals surface area contributed by atoms with E-state index in [1.54, 1.807) is 17.7 Å². The Morgan fingerprint density at radius 1 is 0.837 bits per heavy atom. The van der Waals surface area contributed by atoms with Crippen LogP contribution in [0, 0.1) is 0 Å². The zero-order valence-electron chi connectivity index (χ0n) is 26.8. The van der Waals surface area contributed by atoms with Crippen LogP contribution in [-0.4, -0.2) is 50.0 Å². The number of aliphatic hydroxyl groups is 1. The zero-order chi connectivity index (χ0) is 34.6. The monoisotopic (exact) mass is 685 g/mol. The third-order valence-corrected chi connectivity index (χ3v) is 9.25. The molecular weight excluding hydrogens is 646 g/mol. The van der Waals surface area contributed by atoms with E-state index in [1.807, 2.05) is 72.8 Å². The SMILES string of the molecule is O=C(CCCCC(=O)NCc1cccc(-c2cccc([C@H]3O[C@@H](CSc4ncccc4C(=O)O)C[C@@H](c4ccc(CO)cc4)O3)c2)c1)NO. The van der Waals surface area contributed by atoms with Gasteiger partial charge in [0.2, 0.25) is 11.8 Å². The second-order valence-corrected chi connectivity index (χ2v) is 12.7. The number of nitrogens with zero attached hydrogens (tertiary/aromatic N) is 1. The van der Waals surface area contributed by atoms with E-state index in [-0.39, 0.29) is 43.1 Å². The van der Waals surface area contributed by atoms with Crippen LogP contribution >= 0.6 is 11.8 Å². The highest BCUT2D eigenvalue weighted by molar-refractivity contribution is 7.99. The number of aliphatic hydroxyl groups excluding tert-OH is 1. The molecule has 11 nitrogen and oxygen atoms in total. The van der Waals surface area contributed by atoms with Gasteiger partial charge in [0.15, 0.2) is 6.29 Å². The molecule has 0 spiro atoms. The Hall–Kier alpha value is -4.59. The molecule has 5 N–H and O–H groups in total. The van der Waals surface area contributed by atoms with Gasteiger partial charge in [-0.1, -0.05) is 60.7 Å². The molecule has 0 bridgehead atoms. The van der Waals surface area contributed by atoms with Crippen LogP contribution in [0.25, 0.3) is 11.1 Å². The first-order valence-corrected chi connectivity index (χ1v) is 17.0. The van der Waals surface area contributed by atoms with Gasteiger partial charge < -0.3 is 25.0 Å². The van der Waals surface area contributed by atoms with Crippen LogP contribution in [0.3, 0.4) is 0 Å². The van der Waals surface area contributed by atoms with Gasteiger partial charge in [0.25, 0.3) is 0 Å².